The van der Waals surface area contributed by atoms with Crippen LogP contribution in [0.4, 0.5) is 0 Å². The van der Waals surface area contributed by atoms with Crippen molar-refractivity contribution in [2.75, 3.05) is 19.6 Å². The van der Waals surface area contributed by atoms with Gasteiger partial charge in [-0.25, -0.2) is 0 Å². The van der Waals surface area contributed by atoms with E-state index in [2.05, 4.69) is 16.9 Å². The summed E-state index contributed by atoms with van der Waals surface area (Å²) in [6.07, 6.45) is 4.27. The van der Waals surface area contributed by atoms with Crippen molar-refractivity contribution in [1.29, 1.82) is 0 Å². The van der Waals surface area contributed by atoms with Gasteiger partial charge in [0.15, 0.2) is 0 Å². The molecule has 1 aliphatic rings. The number of nitrogens with two attached hydrogens (primary N) is 1. The van der Waals surface area contributed by atoms with Gasteiger partial charge in [-0.1, -0.05) is 13.0 Å². The van der Waals surface area contributed by atoms with Gasteiger partial charge < -0.3 is 10.6 Å². The number of nitrogens with zero attached hydrogens (tertiary/aromatic N) is 3. The minimum atomic E-state index is 0.0338. The Labute approximate surface area is 124 Å². The molecule has 2 unspecified atom stereocenters. The Balaban J connectivity index is 1.90. The van der Waals surface area contributed by atoms with Crippen LogP contribution in [0.5, 0.6) is 0 Å². The second-order valence-corrected chi connectivity index (χ2v) is 5.74. The molecule has 1 aliphatic heterocycles. The quantitative estimate of drug-likeness (QED) is 0.911. The lowest BCUT2D eigenvalue weighted by Gasteiger charge is -2.36. The van der Waals surface area contributed by atoms with Crippen molar-refractivity contribution in [3.63, 3.8) is 0 Å². The third-order valence-corrected chi connectivity index (χ3v) is 4.43. The zero-order valence-corrected chi connectivity index (χ0v) is 12.2. The Morgan fingerprint density at radius 2 is 2.19 bits per heavy atom. The third kappa shape index (κ3) is 2.61. The van der Waals surface area contributed by atoms with Crippen LogP contribution in [0.25, 0.3) is 11.0 Å². The Kier molecular flexibility index (Phi) is 3.84. The van der Waals surface area contributed by atoms with Crippen LogP contribution < -0.4 is 5.73 Å². The van der Waals surface area contributed by atoms with Gasteiger partial charge in [0.25, 0.3) is 5.91 Å². The number of hydrogen-bond acceptors (Lipinski definition) is 4. The molecule has 0 spiro atoms. The van der Waals surface area contributed by atoms with Crippen molar-refractivity contribution in [1.82, 2.24) is 14.9 Å². The van der Waals surface area contributed by atoms with E-state index in [-0.39, 0.29) is 5.91 Å². The molecule has 2 heterocycles. The molecule has 0 radical (unpaired) electrons. The highest BCUT2D eigenvalue weighted by Crippen LogP contribution is 2.24. The van der Waals surface area contributed by atoms with Crippen LogP contribution in [0, 0.1) is 11.8 Å². The molecule has 3 rings (SSSR count). The predicted molar refractivity (Wildman–Crippen MR) is 81.8 cm³/mol. The summed E-state index contributed by atoms with van der Waals surface area (Å²) >= 11 is 0. The molecule has 0 bridgehead atoms. The van der Waals surface area contributed by atoms with E-state index in [1.165, 1.54) is 0 Å². The van der Waals surface area contributed by atoms with Crippen molar-refractivity contribution >= 4 is 16.9 Å². The van der Waals surface area contributed by atoms with Crippen molar-refractivity contribution < 1.29 is 4.79 Å². The lowest BCUT2D eigenvalue weighted by molar-refractivity contribution is 0.0620. The number of benzene rings is 1. The molecule has 1 saturated heterocycles. The number of aromatic nitrogens is 2. The molecule has 21 heavy (non-hydrogen) atoms. The van der Waals surface area contributed by atoms with Crippen LogP contribution in [0.1, 0.15) is 23.7 Å². The molecule has 2 N–H and O–H groups in total. The number of fused-ring (bicyclic) bond motifs is 1. The maximum atomic E-state index is 12.8. The highest BCUT2D eigenvalue weighted by atomic mass is 16.2. The van der Waals surface area contributed by atoms with Gasteiger partial charge >= 0.3 is 0 Å². The van der Waals surface area contributed by atoms with E-state index < -0.39 is 0 Å². The summed E-state index contributed by atoms with van der Waals surface area (Å²) < 4.78 is 0. The average molecular weight is 284 g/mol. The molecule has 110 valence electrons. The minimum Gasteiger partial charge on any atom is -0.338 e. The number of carbonyl (C=O) groups excluding carboxylic acids is 1. The topological polar surface area (TPSA) is 72.1 Å². The largest absolute Gasteiger partial charge is 0.338 e. The van der Waals surface area contributed by atoms with Gasteiger partial charge in [-0.2, -0.15) is 0 Å². The molecule has 2 aromatic rings. The normalized spacial score (nSPS) is 22.5. The first-order valence-electron chi connectivity index (χ1n) is 7.39. The van der Waals surface area contributed by atoms with Crippen LogP contribution in [0.15, 0.2) is 30.6 Å². The van der Waals surface area contributed by atoms with Gasteiger partial charge in [-0.05, 0) is 36.9 Å². The molecule has 1 aromatic carbocycles. The fraction of sp³-hybridized carbons (Fsp3) is 0.438. The average Bonchev–Trinajstić information content (AvgIpc) is 2.54. The highest BCUT2D eigenvalue weighted by Gasteiger charge is 2.29. The van der Waals surface area contributed by atoms with Gasteiger partial charge in [0.2, 0.25) is 0 Å². The second kappa shape index (κ2) is 5.77. The molecule has 5 heteroatoms. The smallest absolute Gasteiger partial charge is 0.256 e. The van der Waals surface area contributed by atoms with Gasteiger partial charge in [0, 0.05) is 25.5 Å². The Bertz CT molecular complexity index is 652. The Hall–Kier alpha value is -2.01. The molecule has 0 aliphatic carbocycles. The number of likely N-dealkylation sites (tertiary alicyclic amines) is 1. The monoisotopic (exact) mass is 284 g/mol. The van der Waals surface area contributed by atoms with Crippen LogP contribution in [0.3, 0.4) is 0 Å². The fourth-order valence-electron chi connectivity index (χ4n) is 2.98. The highest BCUT2D eigenvalue weighted by molar-refractivity contribution is 6.04. The zero-order valence-electron chi connectivity index (χ0n) is 12.2. The van der Waals surface area contributed by atoms with Crippen LogP contribution in [-0.4, -0.2) is 40.4 Å². The van der Waals surface area contributed by atoms with E-state index in [0.29, 0.717) is 29.5 Å². The molecular weight excluding hydrogens is 264 g/mol. The molecule has 1 aromatic heterocycles. The number of rotatable bonds is 2. The lowest BCUT2D eigenvalue weighted by Crippen LogP contribution is -2.45. The van der Waals surface area contributed by atoms with Crippen molar-refractivity contribution in [2.24, 2.45) is 17.6 Å². The van der Waals surface area contributed by atoms with E-state index in [9.17, 15) is 4.79 Å². The first-order valence-corrected chi connectivity index (χ1v) is 7.39. The minimum absolute atomic E-state index is 0.0338. The standard InChI is InChI=1S/C16H20N4O/c1-11-5-8-20(10-12(11)9-17)16(21)13-3-2-4-14-15(13)19-7-6-18-14/h2-4,6-7,11-12H,5,8-10,17H2,1H3. The van der Waals surface area contributed by atoms with Crippen molar-refractivity contribution in [3.8, 4) is 0 Å². The van der Waals surface area contributed by atoms with Crippen LogP contribution in [0.2, 0.25) is 0 Å². The summed E-state index contributed by atoms with van der Waals surface area (Å²) in [5, 5.41) is 0. The summed E-state index contributed by atoms with van der Waals surface area (Å²) in [6, 6.07) is 5.56. The fourth-order valence-corrected chi connectivity index (χ4v) is 2.98. The summed E-state index contributed by atoms with van der Waals surface area (Å²) in [5.74, 6) is 0.988. The van der Waals surface area contributed by atoms with E-state index in [0.717, 1.165) is 25.0 Å². The maximum Gasteiger partial charge on any atom is 0.256 e. The zero-order chi connectivity index (χ0) is 14.8. The number of para-hydroxylation sites is 1. The molecular formula is C16H20N4O. The second-order valence-electron chi connectivity index (χ2n) is 5.74. The maximum absolute atomic E-state index is 12.8. The summed E-state index contributed by atoms with van der Waals surface area (Å²) in [4.78, 5) is 23.3. The summed E-state index contributed by atoms with van der Waals surface area (Å²) in [7, 11) is 0. The van der Waals surface area contributed by atoms with Crippen molar-refractivity contribution in [2.45, 2.75) is 13.3 Å². The molecule has 5 nitrogen and oxygen atoms in total. The molecule has 1 amide bonds. The van der Waals surface area contributed by atoms with Crippen molar-refractivity contribution in [3.05, 3.63) is 36.2 Å². The van der Waals surface area contributed by atoms with Gasteiger partial charge in [-0.3, -0.25) is 14.8 Å². The molecule has 1 fully saturated rings. The van der Waals surface area contributed by atoms with Gasteiger partial charge in [0.05, 0.1) is 11.1 Å². The van der Waals surface area contributed by atoms with Crippen LogP contribution >= 0.6 is 0 Å². The Morgan fingerprint density at radius 1 is 1.38 bits per heavy atom. The number of piperidine rings is 1. The number of hydrogen-bond donors (Lipinski definition) is 1. The van der Waals surface area contributed by atoms with E-state index in [4.69, 9.17) is 5.73 Å². The van der Waals surface area contributed by atoms with E-state index in [1.807, 2.05) is 23.1 Å². The first-order chi connectivity index (χ1) is 10.2. The van der Waals surface area contributed by atoms with Gasteiger partial charge in [0.1, 0.15) is 5.52 Å². The predicted octanol–water partition coefficient (Wildman–Crippen LogP) is 1.69. The first kappa shape index (κ1) is 13.9. The third-order valence-electron chi connectivity index (χ3n) is 4.43. The Morgan fingerprint density at radius 3 is 3.00 bits per heavy atom. The number of amides is 1. The van der Waals surface area contributed by atoms with Gasteiger partial charge in [-0.15, -0.1) is 0 Å². The van der Waals surface area contributed by atoms with E-state index in [1.54, 1.807) is 12.4 Å². The molecule has 2 atom stereocenters. The number of carbonyl (C=O) groups is 1. The summed E-state index contributed by atoms with van der Waals surface area (Å²) in [5.41, 5.74) is 7.88. The van der Waals surface area contributed by atoms with Crippen LogP contribution in [-0.2, 0) is 0 Å². The summed E-state index contributed by atoms with van der Waals surface area (Å²) in [6.45, 7) is 4.35. The lowest BCUT2D eigenvalue weighted by atomic mass is 9.87. The SMILES string of the molecule is CC1CCN(C(=O)c2cccc3nccnc23)CC1CN. The van der Waals surface area contributed by atoms with E-state index >= 15 is 0 Å². The molecule has 0 saturated carbocycles.